The molecule has 1 aliphatic carbocycles. The number of halogens is 7. The first-order valence-corrected chi connectivity index (χ1v) is 7.70. The molecule has 1 heterocycles. The number of fused-ring (bicyclic) bond motifs is 1. The molecular formula is C13H13BrF6O5. The summed E-state index contributed by atoms with van der Waals surface area (Å²) < 4.78 is 89.6. The van der Waals surface area contributed by atoms with Gasteiger partial charge in [-0.25, -0.2) is 4.79 Å². The van der Waals surface area contributed by atoms with Gasteiger partial charge in [-0.3, -0.25) is 0 Å². The molecule has 0 aromatic rings. The summed E-state index contributed by atoms with van der Waals surface area (Å²) in [5.74, 6) is -3.15. The summed E-state index contributed by atoms with van der Waals surface area (Å²) in [6.07, 6.45) is -19.6. The van der Waals surface area contributed by atoms with E-state index in [1.165, 1.54) is 13.8 Å². The number of carbonyl (C=O) groups excluding carboxylic acids is 1. The van der Waals surface area contributed by atoms with Crippen LogP contribution in [-0.2, 0) is 19.0 Å². The Morgan fingerprint density at radius 1 is 1.24 bits per heavy atom. The molecule has 12 heteroatoms. The van der Waals surface area contributed by atoms with E-state index in [2.05, 4.69) is 20.7 Å². The summed E-state index contributed by atoms with van der Waals surface area (Å²) in [6, 6.07) is 0. The number of ether oxygens (including phenoxy) is 3. The van der Waals surface area contributed by atoms with Gasteiger partial charge in [0.15, 0.2) is 5.79 Å². The highest BCUT2D eigenvalue weighted by atomic mass is 79.9. The number of hydrogen-bond donors (Lipinski definition) is 1. The number of aliphatic hydroxyl groups excluding tert-OH is 1. The third kappa shape index (κ3) is 4.29. The van der Waals surface area contributed by atoms with Gasteiger partial charge in [0.2, 0.25) is 0 Å². The third-order valence-electron chi connectivity index (χ3n) is 3.51. The predicted molar refractivity (Wildman–Crippen MR) is 72.4 cm³/mol. The van der Waals surface area contributed by atoms with Gasteiger partial charge in [0.25, 0.3) is 6.10 Å². The number of hydrogen-bond acceptors (Lipinski definition) is 5. The second-order valence-electron chi connectivity index (χ2n) is 5.98. The molecule has 1 fully saturated rings. The van der Waals surface area contributed by atoms with E-state index >= 15 is 0 Å². The zero-order chi connectivity index (χ0) is 19.4. The van der Waals surface area contributed by atoms with Crippen molar-refractivity contribution in [1.82, 2.24) is 0 Å². The van der Waals surface area contributed by atoms with Crippen molar-refractivity contribution >= 4 is 21.9 Å². The van der Waals surface area contributed by atoms with Crippen LogP contribution in [0.5, 0.6) is 0 Å². The molecule has 1 aliphatic heterocycles. The van der Waals surface area contributed by atoms with Crippen molar-refractivity contribution in [2.75, 3.05) is 0 Å². The first-order chi connectivity index (χ1) is 11.1. The van der Waals surface area contributed by atoms with Gasteiger partial charge in [-0.15, -0.1) is 0 Å². The third-order valence-corrected chi connectivity index (χ3v) is 4.47. The van der Waals surface area contributed by atoms with Crippen LogP contribution in [0.4, 0.5) is 26.3 Å². The lowest BCUT2D eigenvalue weighted by Gasteiger charge is -2.30. The maximum absolute atomic E-state index is 12.6. The summed E-state index contributed by atoms with van der Waals surface area (Å²) in [5, 5.41) is 9.88. The topological polar surface area (TPSA) is 65.0 Å². The minimum absolute atomic E-state index is 0.0621. The Kier molecular flexibility index (Phi) is 5.23. The first-order valence-electron chi connectivity index (χ1n) is 6.91. The van der Waals surface area contributed by atoms with Gasteiger partial charge >= 0.3 is 18.3 Å². The Balaban J connectivity index is 2.34. The van der Waals surface area contributed by atoms with E-state index in [4.69, 9.17) is 9.47 Å². The summed E-state index contributed by atoms with van der Waals surface area (Å²) in [6.45, 7) is 2.89. The molecule has 0 spiro atoms. The van der Waals surface area contributed by atoms with Crippen LogP contribution in [0.2, 0.25) is 0 Å². The van der Waals surface area contributed by atoms with Crippen molar-refractivity contribution in [3.63, 3.8) is 0 Å². The highest BCUT2D eigenvalue weighted by molar-refractivity contribution is 9.11. The molecule has 0 saturated carbocycles. The highest BCUT2D eigenvalue weighted by Crippen LogP contribution is 2.43. The van der Waals surface area contributed by atoms with Crippen molar-refractivity contribution in [2.45, 2.75) is 62.8 Å². The molecular weight excluding hydrogens is 430 g/mol. The van der Waals surface area contributed by atoms with E-state index in [1.807, 2.05) is 0 Å². The van der Waals surface area contributed by atoms with Gasteiger partial charge in [-0.2, -0.15) is 26.3 Å². The monoisotopic (exact) mass is 442 g/mol. The Bertz CT molecular complexity index is 570. The van der Waals surface area contributed by atoms with Gasteiger partial charge in [0.1, 0.15) is 6.10 Å². The molecule has 0 radical (unpaired) electrons. The van der Waals surface area contributed by atoms with Crippen molar-refractivity contribution in [1.29, 1.82) is 0 Å². The van der Waals surface area contributed by atoms with Gasteiger partial charge in [0, 0.05) is 10.9 Å². The molecule has 0 unspecified atom stereocenters. The fourth-order valence-corrected chi connectivity index (χ4v) is 3.17. The minimum atomic E-state index is -5.85. The van der Waals surface area contributed by atoms with E-state index in [0.717, 1.165) is 0 Å². The van der Waals surface area contributed by atoms with Crippen LogP contribution >= 0.6 is 15.9 Å². The minimum Gasteiger partial charge on any atom is -0.439 e. The van der Waals surface area contributed by atoms with Crippen LogP contribution in [0.3, 0.4) is 0 Å². The maximum atomic E-state index is 12.6. The fraction of sp³-hybridized carbons (Fsp3) is 0.769. The quantitative estimate of drug-likeness (QED) is 0.526. The molecule has 0 bridgehead atoms. The van der Waals surface area contributed by atoms with Crippen LogP contribution in [-0.4, -0.2) is 53.6 Å². The van der Waals surface area contributed by atoms with Crippen molar-refractivity contribution in [3.8, 4) is 0 Å². The average Bonchev–Trinajstić information content (AvgIpc) is 2.68. The average molecular weight is 443 g/mol. The largest absolute Gasteiger partial charge is 0.439 e. The van der Waals surface area contributed by atoms with Gasteiger partial charge in [-0.05, 0) is 13.8 Å². The van der Waals surface area contributed by atoms with Gasteiger partial charge in [0.05, 0.1) is 17.8 Å². The Labute approximate surface area is 146 Å². The smallest absolute Gasteiger partial charge is 0.434 e. The molecule has 144 valence electrons. The maximum Gasteiger partial charge on any atom is 0.434 e. The Morgan fingerprint density at radius 3 is 2.24 bits per heavy atom. The molecule has 2 aliphatic rings. The zero-order valence-electron chi connectivity index (χ0n) is 12.7. The van der Waals surface area contributed by atoms with E-state index in [9.17, 15) is 36.2 Å². The number of carbonyl (C=O) groups is 1. The first kappa shape index (κ1) is 20.5. The molecule has 1 N–H and O–H groups in total. The van der Waals surface area contributed by atoms with Gasteiger partial charge in [-0.1, -0.05) is 15.9 Å². The van der Waals surface area contributed by atoms with Crippen molar-refractivity contribution in [2.24, 2.45) is 0 Å². The Morgan fingerprint density at radius 2 is 1.76 bits per heavy atom. The lowest BCUT2D eigenvalue weighted by molar-refractivity contribution is -0.312. The Hall–Kier alpha value is -0.850. The van der Waals surface area contributed by atoms with E-state index in [0.29, 0.717) is 0 Å². The van der Waals surface area contributed by atoms with Crippen LogP contribution in [0.1, 0.15) is 20.3 Å². The lowest BCUT2D eigenvalue weighted by atomic mass is 9.92. The summed E-state index contributed by atoms with van der Waals surface area (Å²) in [4.78, 5) is 12.1. The molecule has 0 amide bonds. The standard InChI is InChI=1S/C13H13BrF6O5/c1-11(2)24-5-3-4(21)7(14)6(8(5)25-11)9(22)23-10(12(15,16)17)13(18,19)20/h4-5,8,10,21H,3H2,1-2H3/t4-,5-,8-/m0/s1. The van der Waals surface area contributed by atoms with Crippen LogP contribution in [0.25, 0.3) is 0 Å². The van der Waals surface area contributed by atoms with E-state index < -0.39 is 54.1 Å². The van der Waals surface area contributed by atoms with Crippen LogP contribution < -0.4 is 0 Å². The molecule has 0 aromatic heterocycles. The molecule has 0 aromatic carbocycles. The van der Waals surface area contributed by atoms with E-state index in [-0.39, 0.29) is 10.9 Å². The molecule has 2 rings (SSSR count). The van der Waals surface area contributed by atoms with Crippen LogP contribution in [0.15, 0.2) is 10.1 Å². The molecule has 25 heavy (non-hydrogen) atoms. The number of rotatable bonds is 2. The lowest BCUT2D eigenvalue weighted by Crippen LogP contribution is -2.47. The van der Waals surface area contributed by atoms with E-state index in [1.54, 1.807) is 0 Å². The second-order valence-corrected chi connectivity index (χ2v) is 6.83. The summed E-state index contributed by atoms with van der Waals surface area (Å²) >= 11 is 2.82. The molecule has 5 nitrogen and oxygen atoms in total. The predicted octanol–water partition coefficient (Wildman–Crippen LogP) is 2.96. The van der Waals surface area contributed by atoms with Crippen molar-refractivity contribution in [3.05, 3.63) is 10.1 Å². The normalized spacial score (nSPS) is 29.8. The SMILES string of the molecule is CC1(C)O[C@H]2C[C@H](O)C(Br)=C(C(=O)OC(C(F)(F)F)C(F)(F)F)[C@H]2O1. The molecule has 1 saturated heterocycles. The fourth-order valence-electron chi connectivity index (χ4n) is 2.59. The number of esters is 1. The second kappa shape index (κ2) is 6.39. The molecule has 3 atom stereocenters. The van der Waals surface area contributed by atoms with Crippen LogP contribution in [0, 0.1) is 0 Å². The zero-order valence-corrected chi connectivity index (χ0v) is 14.3. The summed E-state index contributed by atoms with van der Waals surface area (Å²) in [5.41, 5.74) is -0.673. The summed E-state index contributed by atoms with van der Waals surface area (Å²) in [7, 11) is 0. The number of aliphatic hydroxyl groups is 1. The van der Waals surface area contributed by atoms with Crippen molar-refractivity contribution < 1.29 is 50.5 Å². The van der Waals surface area contributed by atoms with Gasteiger partial charge < -0.3 is 19.3 Å². The highest BCUT2D eigenvalue weighted by Gasteiger charge is 2.61. The number of alkyl halides is 6.